The molecule has 0 saturated heterocycles. The second kappa shape index (κ2) is 7.39. The van der Waals surface area contributed by atoms with Crippen LogP contribution in [0.4, 0.5) is 0 Å². The first kappa shape index (κ1) is 11.7. The van der Waals surface area contributed by atoms with Crippen LogP contribution in [0.3, 0.4) is 0 Å². The van der Waals surface area contributed by atoms with Crippen molar-refractivity contribution in [3.8, 4) is 0 Å². The van der Waals surface area contributed by atoms with E-state index < -0.39 is 0 Å². The average molecular weight is 168 g/mol. The van der Waals surface area contributed by atoms with E-state index in [1.54, 1.807) is 0 Å². The first-order valence-corrected chi connectivity index (χ1v) is 5.28. The van der Waals surface area contributed by atoms with E-state index in [-0.39, 0.29) is 0 Å². The summed E-state index contributed by atoms with van der Waals surface area (Å²) in [5.74, 6) is 1.68. The van der Waals surface area contributed by atoms with Gasteiger partial charge in [-0.15, -0.1) is 0 Å². The van der Waals surface area contributed by atoms with E-state index in [9.17, 15) is 0 Å². The van der Waals surface area contributed by atoms with Crippen LogP contribution in [0, 0.1) is 11.8 Å². The molecule has 12 heavy (non-hydrogen) atoms. The lowest BCUT2D eigenvalue weighted by Gasteiger charge is -2.01. The Balaban J connectivity index is 3.13. The summed E-state index contributed by atoms with van der Waals surface area (Å²) in [4.78, 5) is 0. The van der Waals surface area contributed by atoms with Crippen LogP contribution in [0.1, 0.15) is 53.4 Å². The normalized spacial score (nSPS) is 12.2. The molecule has 0 aliphatic rings. The fourth-order valence-corrected chi connectivity index (χ4v) is 1.13. The van der Waals surface area contributed by atoms with Gasteiger partial charge in [0.25, 0.3) is 0 Å². The van der Waals surface area contributed by atoms with Gasteiger partial charge in [0.2, 0.25) is 0 Å². The molecule has 0 heterocycles. The molecule has 0 nitrogen and oxygen atoms in total. The first-order valence-electron chi connectivity index (χ1n) is 5.28. The van der Waals surface area contributed by atoms with Crippen LogP contribution in [-0.4, -0.2) is 0 Å². The van der Waals surface area contributed by atoms with Gasteiger partial charge in [-0.3, -0.25) is 0 Å². The maximum Gasteiger partial charge on any atom is -0.0327 e. The van der Waals surface area contributed by atoms with Crippen molar-refractivity contribution < 1.29 is 0 Å². The maximum atomic E-state index is 2.34. The zero-order valence-corrected chi connectivity index (χ0v) is 9.14. The van der Waals surface area contributed by atoms with Gasteiger partial charge in [-0.25, -0.2) is 0 Å². The minimum Gasteiger partial charge on any atom is -0.0885 e. The van der Waals surface area contributed by atoms with Crippen LogP contribution in [0.5, 0.6) is 0 Å². The molecule has 72 valence electrons. The third-order valence-corrected chi connectivity index (χ3v) is 1.93. The molecule has 0 aromatic heterocycles. The van der Waals surface area contributed by atoms with Crippen molar-refractivity contribution in [3.63, 3.8) is 0 Å². The lowest BCUT2D eigenvalue weighted by atomic mass is 10.1. The quantitative estimate of drug-likeness (QED) is 0.407. The summed E-state index contributed by atoms with van der Waals surface area (Å²) >= 11 is 0. The molecule has 0 fully saturated rings. The van der Waals surface area contributed by atoms with Gasteiger partial charge in [0, 0.05) is 0 Å². The molecule has 0 N–H and O–H groups in total. The molecule has 0 unspecified atom stereocenters. The summed E-state index contributed by atoms with van der Waals surface area (Å²) in [6.07, 6.45) is 9.89. The zero-order chi connectivity index (χ0) is 9.40. The standard InChI is InChI=1S/C12H24/c1-11(2)9-7-5-6-8-10-12(3)4/h5,7,11-12H,6,8-10H2,1-4H3/b7-5+. The Morgan fingerprint density at radius 1 is 0.917 bits per heavy atom. The number of allylic oxidation sites excluding steroid dienone is 2. The monoisotopic (exact) mass is 168 g/mol. The molecular weight excluding hydrogens is 144 g/mol. The molecule has 0 heteroatoms. The Labute approximate surface area is 78.1 Å². The van der Waals surface area contributed by atoms with Gasteiger partial charge in [0.05, 0.1) is 0 Å². The van der Waals surface area contributed by atoms with E-state index >= 15 is 0 Å². The predicted molar refractivity (Wildman–Crippen MR) is 57.3 cm³/mol. The SMILES string of the molecule is CC(C)C/C=C/CCCC(C)C. The molecule has 0 aromatic rings. The van der Waals surface area contributed by atoms with E-state index in [2.05, 4.69) is 39.8 Å². The van der Waals surface area contributed by atoms with Gasteiger partial charge in [0.1, 0.15) is 0 Å². The lowest BCUT2D eigenvalue weighted by Crippen LogP contribution is -1.85. The zero-order valence-electron chi connectivity index (χ0n) is 9.14. The molecule has 0 amide bonds. The summed E-state index contributed by atoms with van der Waals surface area (Å²) in [6.45, 7) is 9.10. The first-order chi connectivity index (χ1) is 5.63. The highest BCUT2D eigenvalue weighted by Crippen LogP contribution is 2.07. The van der Waals surface area contributed by atoms with Crippen molar-refractivity contribution in [1.82, 2.24) is 0 Å². The molecule has 0 aliphatic carbocycles. The highest BCUT2D eigenvalue weighted by atomic mass is 14.0. The van der Waals surface area contributed by atoms with E-state index in [1.807, 2.05) is 0 Å². The number of hydrogen-bond acceptors (Lipinski definition) is 0. The van der Waals surface area contributed by atoms with Crippen molar-refractivity contribution >= 4 is 0 Å². The van der Waals surface area contributed by atoms with Gasteiger partial charge >= 0.3 is 0 Å². The lowest BCUT2D eigenvalue weighted by molar-refractivity contribution is 0.559. The van der Waals surface area contributed by atoms with Gasteiger partial charge < -0.3 is 0 Å². The van der Waals surface area contributed by atoms with Crippen molar-refractivity contribution in [2.75, 3.05) is 0 Å². The minimum atomic E-state index is 0.811. The summed E-state index contributed by atoms with van der Waals surface area (Å²) in [7, 11) is 0. The third-order valence-electron chi connectivity index (χ3n) is 1.93. The van der Waals surface area contributed by atoms with Crippen LogP contribution < -0.4 is 0 Å². The molecule has 0 aromatic carbocycles. The van der Waals surface area contributed by atoms with Crippen LogP contribution in [0.2, 0.25) is 0 Å². The summed E-state index contributed by atoms with van der Waals surface area (Å²) in [6, 6.07) is 0. The summed E-state index contributed by atoms with van der Waals surface area (Å²) in [5.41, 5.74) is 0. The van der Waals surface area contributed by atoms with Gasteiger partial charge in [-0.1, -0.05) is 46.3 Å². The molecular formula is C12H24. The van der Waals surface area contributed by atoms with Gasteiger partial charge in [-0.05, 0) is 31.1 Å². The van der Waals surface area contributed by atoms with Crippen molar-refractivity contribution in [1.29, 1.82) is 0 Å². The van der Waals surface area contributed by atoms with Gasteiger partial charge in [0.15, 0.2) is 0 Å². The minimum absolute atomic E-state index is 0.811. The fourth-order valence-electron chi connectivity index (χ4n) is 1.13. The van der Waals surface area contributed by atoms with E-state index in [0.29, 0.717) is 0 Å². The number of hydrogen-bond donors (Lipinski definition) is 0. The highest BCUT2D eigenvalue weighted by molar-refractivity contribution is 4.82. The van der Waals surface area contributed by atoms with Crippen molar-refractivity contribution in [2.45, 2.75) is 53.4 Å². The molecule has 0 saturated carbocycles. The maximum absolute atomic E-state index is 2.34. The molecule has 0 bridgehead atoms. The Morgan fingerprint density at radius 3 is 2.08 bits per heavy atom. The van der Waals surface area contributed by atoms with Crippen LogP contribution in [-0.2, 0) is 0 Å². The Bertz CT molecular complexity index is 109. The Kier molecular flexibility index (Phi) is 7.23. The van der Waals surface area contributed by atoms with Crippen LogP contribution >= 0.6 is 0 Å². The van der Waals surface area contributed by atoms with E-state index in [4.69, 9.17) is 0 Å². The summed E-state index contributed by atoms with van der Waals surface area (Å²) < 4.78 is 0. The van der Waals surface area contributed by atoms with E-state index in [0.717, 1.165) is 11.8 Å². The van der Waals surface area contributed by atoms with Crippen LogP contribution in [0.25, 0.3) is 0 Å². The third kappa shape index (κ3) is 9.74. The van der Waals surface area contributed by atoms with Gasteiger partial charge in [-0.2, -0.15) is 0 Å². The second-order valence-electron chi connectivity index (χ2n) is 4.43. The molecule has 0 rings (SSSR count). The smallest absolute Gasteiger partial charge is 0.0327 e. The molecule has 0 aliphatic heterocycles. The van der Waals surface area contributed by atoms with Crippen LogP contribution in [0.15, 0.2) is 12.2 Å². The molecule has 0 spiro atoms. The highest BCUT2D eigenvalue weighted by Gasteiger charge is 1.91. The average Bonchev–Trinajstić information content (AvgIpc) is 1.95. The number of rotatable bonds is 6. The Hall–Kier alpha value is -0.260. The Morgan fingerprint density at radius 2 is 1.58 bits per heavy atom. The topological polar surface area (TPSA) is 0 Å². The summed E-state index contributed by atoms with van der Waals surface area (Å²) in [5, 5.41) is 0. The predicted octanol–water partition coefficient (Wildman–Crippen LogP) is 4.42. The largest absolute Gasteiger partial charge is 0.0885 e. The van der Waals surface area contributed by atoms with E-state index in [1.165, 1.54) is 25.7 Å². The second-order valence-corrected chi connectivity index (χ2v) is 4.43. The molecule has 0 radical (unpaired) electrons. The van der Waals surface area contributed by atoms with Crippen molar-refractivity contribution in [2.24, 2.45) is 11.8 Å². The number of unbranched alkanes of at least 4 members (excludes halogenated alkanes) is 1. The molecule has 0 atom stereocenters. The van der Waals surface area contributed by atoms with Crippen molar-refractivity contribution in [3.05, 3.63) is 12.2 Å². The fraction of sp³-hybridized carbons (Fsp3) is 0.833.